The van der Waals surface area contributed by atoms with Gasteiger partial charge in [-0.3, -0.25) is 9.69 Å². The topological polar surface area (TPSA) is 58.4 Å². The van der Waals surface area contributed by atoms with Crippen LogP contribution in [0.25, 0.3) is 0 Å². The van der Waals surface area contributed by atoms with E-state index in [0.29, 0.717) is 6.54 Å². The van der Waals surface area contributed by atoms with Crippen LogP contribution in [0.4, 0.5) is 0 Å². The van der Waals surface area contributed by atoms with Crippen molar-refractivity contribution in [1.82, 2.24) is 10.2 Å². The first kappa shape index (κ1) is 15.1. The molecule has 0 aliphatic rings. The zero-order valence-electron chi connectivity index (χ0n) is 11.4. The van der Waals surface area contributed by atoms with Crippen LogP contribution in [0.1, 0.15) is 26.3 Å². The quantitative estimate of drug-likeness (QED) is 0.787. The molecule has 3 N–H and O–H groups in total. The van der Waals surface area contributed by atoms with Gasteiger partial charge >= 0.3 is 0 Å². The van der Waals surface area contributed by atoms with Crippen molar-refractivity contribution in [2.24, 2.45) is 5.73 Å². The monoisotopic (exact) mass is 269 g/mol. The molecule has 0 aliphatic carbocycles. The number of hydrogen-bond donors (Lipinski definition) is 2. The van der Waals surface area contributed by atoms with Crippen molar-refractivity contribution in [3.05, 3.63) is 22.4 Å². The molecule has 0 aliphatic heterocycles. The second kappa shape index (κ2) is 6.87. The van der Waals surface area contributed by atoms with Crippen LogP contribution in [-0.4, -0.2) is 36.0 Å². The Morgan fingerprint density at radius 3 is 2.78 bits per heavy atom. The summed E-state index contributed by atoms with van der Waals surface area (Å²) < 4.78 is 0. The third-order valence-corrected chi connectivity index (χ3v) is 3.15. The Morgan fingerprint density at radius 2 is 2.28 bits per heavy atom. The van der Waals surface area contributed by atoms with E-state index in [-0.39, 0.29) is 11.4 Å². The summed E-state index contributed by atoms with van der Waals surface area (Å²) in [5.41, 5.74) is 7.14. The molecule has 1 amide bonds. The summed E-state index contributed by atoms with van der Waals surface area (Å²) in [5, 5.41) is 7.05. The fourth-order valence-corrected chi connectivity index (χ4v) is 2.48. The SMILES string of the molecule is CC(=O)NCCN(Cc1ccsc1)CC(C)(C)N. The smallest absolute Gasteiger partial charge is 0.216 e. The van der Waals surface area contributed by atoms with E-state index < -0.39 is 0 Å². The van der Waals surface area contributed by atoms with Crippen LogP contribution in [0, 0.1) is 0 Å². The van der Waals surface area contributed by atoms with Gasteiger partial charge in [-0.05, 0) is 36.2 Å². The van der Waals surface area contributed by atoms with Crippen molar-refractivity contribution >= 4 is 17.2 Å². The fourth-order valence-electron chi connectivity index (χ4n) is 1.82. The normalized spacial score (nSPS) is 11.8. The van der Waals surface area contributed by atoms with E-state index in [1.54, 1.807) is 11.3 Å². The van der Waals surface area contributed by atoms with Gasteiger partial charge in [-0.2, -0.15) is 11.3 Å². The van der Waals surface area contributed by atoms with Crippen molar-refractivity contribution in [3.8, 4) is 0 Å². The third kappa shape index (κ3) is 6.74. The lowest BCUT2D eigenvalue weighted by molar-refractivity contribution is -0.119. The van der Waals surface area contributed by atoms with Crippen LogP contribution in [0.2, 0.25) is 0 Å². The number of carbonyl (C=O) groups is 1. The van der Waals surface area contributed by atoms with Crippen LogP contribution >= 0.6 is 11.3 Å². The Kier molecular flexibility index (Phi) is 5.78. The summed E-state index contributed by atoms with van der Waals surface area (Å²) >= 11 is 1.70. The second-order valence-corrected chi connectivity index (χ2v) is 6.09. The third-order valence-electron chi connectivity index (χ3n) is 2.42. The molecular formula is C13H23N3OS. The maximum Gasteiger partial charge on any atom is 0.216 e. The number of hydrogen-bond acceptors (Lipinski definition) is 4. The van der Waals surface area contributed by atoms with Crippen LogP contribution in [0.5, 0.6) is 0 Å². The van der Waals surface area contributed by atoms with Crippen molar-refractivity contribution < 1.29 is 4.79 Å². The van der Waals surface area contributed by atoms with E-state index >= 15 is 0 Å². The van der Waals surface area contributed by atoms with Crippen LogP contribution in [0.3, 0.4) is 0 Å². The number of carbonyl (C=O) groups excluding carboxylic acids is 1. The van der Waals surface area contributed by atoms with E-state index in [9.17, 15) is 4.79 Å². The van der Waals surface area contributed by atoms with Gasteiger partial charge in [-0.15, -0.1) is 0 Å². The molecule has 0 saturated carbocycles. The van der Waals surface area contributed by atoms with Crippen LogP contribution < -0.4 is 11.1 Å². The summed E-state index contributed by atoms with van der Waals surface area (Å²) in [7, 11) is 0. The molecule has 0 atom stereocenters. The molecule has 4 nitrogen and oxygen atoms in total. The van der Waals surface area contributed by atoms with Crippen molar-refractivity contribution in [2.75, 3.05) is 19.6 Å². The maximum atomic E-state index is 10.9. The van der Waals surface area contributed by atoms with E-state index in [0.717, 1.165) is 19.6 Å². The number of nitrogens with one attached hydrogen (secondary N) is 1. The predicted molar refractivity (Wildman–Crippen MR) is 76.5 cm³/mol. The summed E-state index contributed by atoms with van der Waals surface area (Å²) in [4.78, 5) is 13.2. The standard InChI is InChI=1S/C13H23N3OS/c1-11(17)15-5-6-16(10-13(2,3)14)8-12-4-7-18-9-12/h4,7,9H,5-6,8,10,14H2,1-3H3,(H,15,17). The van der Waals surface area contributed by atoms with Crippen LogP contribution in [-0.2, 0) is 11.3 Å². The molecule has 0 spiro atoms. The molecule has 0 aromatic carbocycles. The van der Waals surface area contributed by atoms with Gasteiger partial charge in [0.25, 0.3) is 0 Å². The molecule has 0 fully saturated rings. The Hall–Kier alpha value is -0.910. The molecule has 1 aromatic rings. The Bertz CT molecular complexity index is 357. The number of nitrogens with zero attached hydrogens (tertiary/aromatic N) is 1. The van der Waals surface area contributed by atoms with Crippen LogP contribution in [0.15, 0.2) is 16.8 Å². The molecule has 0 radical (unpaired) electrons. The lowest BCUT2D eigenvalue weighted by atomic mass is 10.1. The van der Waals surface area contributed by atoms with E-state index in [1.807, 2.05) is 13.8 Å². The molecule has 1 heterocycles. The molecule has 1 rings (SSSR count). The first-order chi connectivity index (χ1) is 8.37. The van der Waals surface area contributed by atoms with Crippen molar-refractivity contribution in [3.63, 3.8) is 0 Å². The average molecular weight is 269 g/mol. The number of nitrogens with two attached hydrogens (primary N) is 1. The first-order valence-electron chi connectivity index (χ1n) is 6.13. The molecule has 1 aromatic heterocycles. The number of rotatable bonds is 7. The predicted octanol–water partition coefficient (Wildman–Crippen LogP) is 1.42. The highest BCUT2D eigenvalue weighted by molar-refractivity contribution is 7.07. The lowest BCUT2D eigenvalue weighted by Crippen LogP contribution is -2.47. The molecule has 0 saturated heterocycles. The summed E-state index contributed by atoms with van der Waals surface area (Å²) in [6.07, 6.45) is 0. The van der Waals surface area contributed by atoms with E-state index in [4.69, 9.17) is 5.73 Å². The van der Waals surface area contributed by atoms with E-state index in [1.165, 1.54) is 12.5 Å². The first-order valence-corrected chi connectivity index (χ1v) is 7.08. The summed E-state index contributed by atoms with van der Waals surface area (Å²) in [5.74, 6) is 0.0116. The Morgan fingerprint density at radius 1 is 1.56 bits per heavy atom. The van der Waals surface area contributed by atoms with Gasteiger partial charge in [0, 0.05) is 38.6 Å². The largest absolute Gasteiger partial charge is 0.355 e. The molecular weight excluding hydrogens is 246 g/mol. The Labute approximate surface area is 113 Å². The average Bonchev–Trinajstić information content (AvgIpc) is 2.67. The maximum absolute atomic E-state index is 10.9. The molecule has 18 heavy (non-hydrogen) atoms. The second-order valence-electron chi connectivity index (χ2n) is 5.31. The number of amides is 1. The zero-order chi connectivity index (χ0) is 13.6. The highest BCUT2D eigenvalue weighted by Crippen LogP contribution is 2.11. The van der Waals surface area contributed by atoms with Crippen molar-refractivity contribution in [1.29, 1.82) is 0 Å². The molecule has 0 unspecified atom stereocenters. The lowest BCUT2D eigenvalue weighted by Gasteiger charge is -2.29. The van der Waals surface area contributed by atoms with Gasteiger partial charge in [0.1, 0.15) is 0 Å². The minimum atomic E-state index is -0.230. The number of thiophene rings is 1. The van der Waals surface area contributed by atoms with Gasteiger partial charge in [0.15, 0.2) is 0 Å². The van der Waals surface area contributed by atoms with Gasteiger partial charge in [0.2, 0.25) is 5.91 Å². The highest BCUT2D eigenvalue weighted by atomic mass is 32.1. The zero-order valence-corrected chi connectivity index (χ0v) is 12.2. The fraction of sp³-hybridized carbons (Fsp3) is 0.615. The van der Waals surface area contributed by atoms with E-state index in [2.05, 4.69) is 27.0 Å². The van der Waals surface area contributed by atoms with Gasteiger partial charge < -0.3 is 11.1 Å². The molecule has 5 heteroatoms. The highest BCUT2D eigenvalue weighted by Gasteiger charge is 2.17. The molecule has 102 valence electrons. The summed E-state index contributed by atoms with van der Waals surface area (Å²) in [6, 6.07) is 2.12. The minimum Gasteiger partial charge on any atom is -0.355 e. The minimum absolute atomic E-state index is 0.0116. The van der Waals surface area contributed by atoms with Crippen molar-refractivity contribution in [2.45, 2.75) is 32.9 Å². The summed E-state index contributed by atoms with van der Waals surface area (Å²) in [6.45, 7) is 8.74. The van der Waals surface area contributed by atoms with Gasteiger partial charge in [-0.25, -0.2) is 0 Å². The Balaban J connectivity index is 2.49. The molecule has 0 bridgehead atoms. The van der Waals surface area contributed by atoms with Gasteiger partial charge in [-0.1, -0.05) is 0 Å². The van der Waals surface area contributed by atoms with Gasteiger partial charge in [0.05, 0.1) is 0 Å².